The summed E-state index contributed by atoms with van der Waals surface area (Å²) in [4.78, 5) is 16.1. The van der Waals surface area contributed by atoms with Gasteiger partial charge in [-0.2, -0.15) is 0 Å². The summed E-state index contributed by atoms with van der Waals surface area (Å²) in [6.45, 7) is 3.43. The van der Waals surface area contributed by atoms with Crippen LogP contribution in [-0.2, 0) is 9.47 Å². The van der Waals surface area contributed by atoms with E-state index in [1.807, 2.05) is 0 Å². The zero-order valence-corrected chi connectivity index (χ0v) is 13.1. The molecule has 3 heterocycles. The number of nitrogens with one attached hydrogen (secondary N) is 1. The molecule has 0 saturated carbocycles. The van der Waals surface area contributed by atoms with Crippen molar-refractivity contribution >= 4 is 6.03 Å². The minimum Gasteiger partial charge on any atom is -0.381 e. The molecule has 3 atom stereocenters. The molecule has 1 N–H and O–H groups in total. The van der Waals surface area contributed by atoms with Gasteiger partial charge in [-0.25, -0.2) is 4.79 Å². The number of carbonyl (C=O) groups excluding carboxylic acids is 1. The van der Waals surface area contributed by atoms with E-state index in [-0.39, 0.29) is 18.2 Å². The van der Waals surface area contributed by atoms with Gasteiger partial charge in [-0.1, -0.05) is 0 Å². The van der Waals surface area contributed by atoms with Gasteiger partial charge < -0.3 is 19.7 Å². The third-order valence-electron chi connectivity index (χ3n) is 4.94. The maximum absolute atomic E-state index is 12.0. The van der Waals surface area contributed by atoms with Gasteiger partial charge in [-0.15, -0.1) is 0 Å². The molecule has 6 nitrogen and oxygen atoms in total. The summed E-state index contributed by atoms with van der Waals surface area (Å²) >= 11 is 0. The molecule has 3 saturated heterocycles. The molecule has 3 aliphatic rings. The molecule has 0 radical (unpaired) electrons. The van der Waals surface area contributed by atoms with Crippen LogP contribution in [0.4, 0.5) is 4.79 Å². The van der Waals surface area contributed by atoms with Crippen LogP contribution in [-0.4, -0.2) is 80.5 Å². The van der Waals surface area contributed by atoms with Crippen LogP contribution < -0.4 is 5.32 Å². The van der Waals surface area contributed by atoms with Crippen LogP contribution in [0.5, 0.6) is 0 Å². The zero-order valence-electron chi connectivity index (χ0n) is 13.1. The van der Waals surface area contributed by atoms with E-state index in [1.54, 1.807) is 19.0 Å². The highest BCUT2D eigenvalue weighted by Gasteiger charge is 2.47. The van der Waals surface area contributed by atoms with Crippen molar-refractivity contribution < 1.29 is 14.3 Å². The average molecular weight is 297 g/mol. The van der Waals surface area contributed by atoms with E-state index in [0.29, 0.717) is 12.1 Å². The Labute approximate surface area is 126 Å². The molecule has 120 valence electrons. The summed E-state index contributed by atoms with van der Waals surface area (Å²) in [5.41, 5.74) is 0. The second-order valence-electron chi connectivity index (χ2n) is 6.54. The molecule has 3 aliphatic heterocycles. The molecule has 0 aliphatic carbocycles. The molecule has 3 rings (SSSR count). The Hall–Kier alpha value is -0.850. The van der Waals surface area contributed by atoms with Crippen molar-refractivity contribution in [1.82, 2.24) is 15.1 Å². The number of amides is 2. The Morgan fingerprint density at radius 1 is 1.19 bits per heavy atom. The Bertz CT molecular complexity index is 371. The Morgan fingerprint density at radius 2 is 1.95 bits per heavy atom. The van der Waals surface area contributed by atoms with E-state index < -0.39 is 0 Å². The molecule has 0 aromatic carbocycles. The minimum absolute atomic E-state index is 0.0262. The van der Waals surface area contributed by atoms with Gasteiger partial charge in [0.25, 0.3) is 0 Å². The van der Waals surface area contributed by atoms with Gasteiger partial charge in [0.05, 0.1) is 12.1 Å². The maximum Gasteiger partial charge on any atom is 0.317 e. The number of hydrogen-bond donors (Lipinski definition) is 1. The number of urea groups is 1. The van der Waals surface area contributed by atoms with E-state index in [2.05, 4.69) is 10.2 Å². The van der Waals surface area contributed by atoms with Gasteiger partial charge in [0.15, 0.2) is 0 Å². The van der Waals surface area contributed by atoms with Gasteiger partial charge in [-0.3, -0.25) is 4.90 Å². The van der Waals surface area contributed by atoms with Crippen molar-refractivity contribution in [2.45, 2.75) is 49.9 Å². The lowest BCUT2D eigenvalue weighted by molar-refractivity contribution is -0.0389. The highest BCUT2D eigenvalue weighted by atomic mass is 16.5. The van der Waals surface area contributed by atoms with Crippen LogP contribution in [0.3, 0.4) is 0 Å². The standard InChI is InChI=1S/C15H27N3O3/c1-17(2)15(19)16-12-10-18(11-5-8-20-9-6-11)13-4-3-7-21-14(12)13/h11-14H,3-10H2,1-2H3,(H,16,19)/t12-,13+,14+/m0/s1. The third-order valence-corrected chi connectivity index (χ3v) is 4.94. The second-order valence-corrected chi connectivity index (χ2v) is 6.54. The maximum atomic E-state index is 12.0. The Kier molecular flexibility index (Phi) is 4.66. The molecule has 6 heteroatoms. The lowest BCUT2D eigenvalue weighted by Crippen LogP contribution is -2.50. The van der Waals surface area contributed by atoms with E-state index in [4.69, 9.17) is 9.47 Å². The van der Waals surface area contributed by atoms with Crippen LogP contribution in [0.15, 0.2) is 0 Å². The largest absolute Gasteiger partial charge is 0.381 e. The Morgan fingerprint density at radius 3 is 2.67 bits per heavy atom. The number of hydrogen-bond acceptors (Lipinski definition) is 4. The van der Waals surface area contributed by atoms with Crippen molar-refractivity contribution in [1.29, 1.82) is 0 Å². The lowest BCUT2D eigenvalue weighted by Gasteiger charge is -2.38. The van der Waals surface area contributed by atoms with Crippen LogP contribution in [0, 0.1) is 0 Å². The number of likely N-dealkylation sites (tertiary alicyclic amines) is 1. The van der Waals surface area contributed by atoms with Gasteiger partial charge >= 0.3 is 6.03 Å². The number of fused-ring (bicyclic) bond motifs is 1. The summed E-state index contributed by atoms with van der Waals surface area (Å²) in [6, 6.07) is 1.11. The number of rotatable bonds is 2. The monoisotopic (exact) mass is 297 g/mol. The fourth-order valence-corrected chi connectivity index (χ4v) is 3.84. The van der Waals surface area contributed by atoms with Crippen molar-refractivity contribution in [2.24, 2.45) is 0 Å². The van der Waals surface area contributed by atoms with Crippen LogP contribution in [0.1, 0.15) is 25.7 Å². The van der Waals surface area contributed by atoms with Gasteiger partial charge in [0, 0.05) is 52.5 Å². The SMILES string of the molecule is CN(C)C(=O)N[C@H]1CN(C2CCOCC2)[C@@H]2CCCO[C@H]12. The number of ether oxygens (including phenoxy) is 2. The number of nitrogens with zero attached hydrogens (tertiary/aromatic N) is 2. The van der Waals surface area contributed by atoms with Gasteiger partial charge in [0.2, 0.25) is 0 Å². The molecule has 0 bridgehead atoms. The van der Waals surface area contributed by atoms with Crippen molar-refractivity contribution in [3.63, 3.8) is 0 Å². The van der Waals surface area contributed by atoms with Crippen LogP contribution in [0.2, 0.25) is 0 Å². The molecule has 0 aromatic rings. The minimum atomic E-state index is -0.0262. The van der Waals surface area contributed by atoms with Crippen LogP contribution in [0.25, 0.3) is 0 Å². The van der Waals surface area contributed by atoms with E-state index >= 15 is 0 Å². The molecule has 0 spiro atoms. The predicted octanol–water partition coefficient (Wildman–Crippen LogP) is 0.668. The Balaban J connectivity index is 1.69. The third kappa shape index (κ3) is 3.17. The molecule has 3 fully saturated rings. The fourth-order valence-electron chi connectivity index (χ4n) is 3.84. The first-order valence-corrected chi connectivity index (χ1v) is 8.09. The highest BCUT2D eigenvalue weighted by molar-refractivity contribution is 5.74. The topological polar surface area (TPSA) is 54.0 Å². The van der Waals surface area contributed by atoms with E-state index in [9.17, 15) is 4.79 Å². The summed E-state index contributed by atoms with van der Waals surface area (Å²) in [7, 11) is 3.56. The van der Waals surface area contributed by atoms with Crippen molar-refractivity contribution in [3.8, 4) is 0 Å². The summed E-state index contributed by atoms with van der Waals surface area (Å²) < 4.78 is 11.5. The highest BCUT2D eigenvalue weighted by Crippen LogP contribution is 2.33. The fraction of sp³-hybridized carbons (Fsp3) is 0.933. The molecule has 0 unspecified atom stereocenters. The molecule has 2 amide bonds. The average Bonchev–Trinajstić information content (AvgIpc) is 2.87. The quantitative estimate of drug-likeness (QED) is 0.814. The van der Waals surface area contributed by atoms with Crippen molar-refractivity contribution in [2.75, 3.05) is 40.5 Å². The summed E-state index contributed by atoms with van der Waals surface area (Å²) in [5, 5.41) is 3.14. The van der Waals surface area contributed by atoms with E-state index in [1.165, 1.54) is 6.42 Å². The van der Waals surface area contributed by atoms with Gasteiger partial charge in [-0.05, 0) is 25.7 Å². The molecule has 21 heavy (non-hydrogen) atoms. The zero-order chi connectivity index (χ0) is 14.8. The first kappa shape index (κ1) is 15.1. The predicted molar refractivity (Wildman–Crippen MR) is 79.3 cm³/mol. The van der Waals surface area contributed by atoms with Crippen LogP contribution >= 0.6 is 0 Å². The molecular formula is C15H27N3O3. The van der Waals surface area contributed by atoms with Gasteiger partial charge in [0.1, 0.15) is 0 Å². The first-order valence-electron chi connectivity index (χ1n) is 8.09. The summed E-state index contributed by atoms with van der Waals surface area (Å²) in [5.74, 6) is 0. The first-order chi connectivity index (χ1) is 10.2. The second kappa shape index (κ2) is 6.50. The summed E-state index contributed by atoms with van der Waals surface area (Å²) in [6.07, 6.45) is 4.63. The lowest BCUT2D eigenvalue weighted by atomic mass is 9.99. The molecule has 0 aromatic heterocycles. The van der Waals surface area contributed by atoms with E-state index in [0.717, 1.165) is 45.6 Å². The molecular weight excluding hydrogens is 270 g/mol. The smallest absolute Gasteiger partial charge is 0.317 e. The normalized spacial score (nSPS) is 34.5. The number of carbonyl (C=O) groups is 1. The van der Waals surface area contributed by atoms with Crippen molar-refractivity contribution in [3.05, 3.63) is 0 Å².